The fourth-order valence-corrected chi connectivity index (χ4v) is 1.69. The molecule has 84 valence electrons. The number of carboxylic acids is 1. The lowest BCUT2D eigenvalue weighted by Gasteiger charge is -2.12. The Bertz CT molecular complexity index is 495. The molecule has 0 fully saturated rings. The van der Waals surface area contributed by atoms with Gasteiger partial charge in [-0.05, 0) is 18.6 Å². The SMILES string of the molecule is CC1=NCc2cc(C(F)(F)C(=O)O)ccc21. The molecule has 1 aromatic rings. The van der Waals surface area contributed by atoms with Gasteiger partial charge in [0.25, 0.3) is 0 Å². The minimum Gasteiger partial charge on any atom is -0.477 e. The van der Waals surface area contributed by atoms with Gasteiger partial charge in [0.05, 0.1) is 6.54 Å². The Morgan fingerprint density at radius 1 is 1.50 bits per heavy atom. The second kappa shape index (κ2) is 3.37. The molecule has 1 N–H and O–H groups in total. The van der Waals surface area contributed by atoms with E-state index in [1.807, 2.05) is 0 Å². The molecule has 0 unspecified atom stereocenters. The first-order valence-corrected chi connectivity index (χ1v) is 4.69. The van der Waals surface area contributed by atoms with Gasteiger partial charge in [-0.15, -0.1) is 0 Å². The highest BCUT2D eigenvalue weighted by Crippen LogP contribution is 2.31. The van der Waals surface area contributed by atoms with Crippen molar-refractivity contribution >= 4 is 11.7 Å². The number of aliphatic carboxylic acids is 1. The highest BCUT2D eigenvalue weighted by molar-refractivity contribution is 6.02. The van der Waals surface area contributed by atoms with Crippen LogP contribution < -0.4 is 0 Å². The summed E-state index contributed by atoms with van der Waals surface area (Å²) in [6, 6.07) is 3.84. The van der Waals surface area contributed by atoms with Gasteiger partial charge < -0.3 is 5.11 Å². The fourth-order valence-electron chi connectivity index (χ4n) is 1.69. The molecule has 0 aromatic heterocycles. The molecule has 0 bridgehead atoms. The normalized spacial score (nSPS) is 14.6. The molecule has 1 aliphatic heterocycles. The van der Waals surface area contributed by atoms with E-state index in [2.05, 4.69) is 4.99 Å². The Morgan fingerprint density at radius 2 is 2.19 bits per heavy atom. The van der Waals surface area contributed by atoms with Crippen LogP contribution in [0.25, 0.3) is 0 Å². The van der Waals surface area contributed by atoms with Crippen LogP contribution in [0.1, 0.15) is 23.6 Å². The molecule has 2 rings (SSSR count). The fraction of sp³-hybridized carbons (Fsp3) is 0.273. The van der Waals surface area contributed by atoms with E-state index in [-0.39, 0.29) is 0 Å². The van der Waals surface area contributed by atoms with Crippen LogP contribution >= 0.6 is 0 Å². The van der Waals surface area contributed by atoms with Crippen LogP contribution in [0.5, 0.6) is 0 Å². The third-order valence-corrected chi connectivity index (χ3v) is 2.61. The van der Waals surface area contributed by atoms with E-state index in [0.717, 1.165) is 17.3 Å². The summed E-state index contributed by atoms with van der Waals surface area (Å²) in [5.74, 6) is -5.98. The molecule has 0 saturated carbocycles. The predicted octanol–water partition coefficient (Wildman–Crippen LogP) is 2.19. The van der Waals surface area contributed by atoms with Crippen molar-refractivity contribution in [2.45, 2.75) is 19.4 Å². The molecule has 0 saturated heterocycles. The largest absolute Gasteiger partial charge is 0.477 e. The molecule has 1 aliphatic rings. The Labute approximate surface area is 90.4 Å². The molecule has 0 amide bonds. The molecule has 0 aliphatic carbocycles. The van der Waals surface area contributed by atoms with Gasteiger partial charge >= 0.3 is 11.9 Å². The zero-order valence-electron chi connectivity index (χ0n) is 8.50. The number of aliphatic imine (C=N–C) groups is 1. The third kappa shape index (κ3) is 1.48. The Morgan fingerprint density at radius 3 is 2.81 bits per heavy atom. The average molecular weight is 225 g/mol. The van der Waals surface area contributed by atoms with Crippen molar-refractivity contribution in [3.05, 3.63) is 34.9 Å². The number of benzene rings is 1. The summed E-state index contributed by atoms with van der Waals surface area (Å²) >= 11 is 0. The van der Waals surface area contributed by atoms with Crippen molar-refractivity contribution < 1.29 is 18.7 Å². The van der Waals surface area contributed by atoms with E-state index >= 15 is 0 Å². The van der Waals surface area contributed by atoms with E-state index in [9.17, 15) is 13.6 Å². The van der Waals surface area contributed by atoms with Crippen molar-refractivity contribution in [2.24, 2.45) is 4.99 Å². The molecular formula is C11H9F2NO2. The minimum atomic E-state index is -3.84. The van der Waals surface area contributed by atoms with Crippen molar-refractivity contribution in [1.29, 1.82) is 0 Å². The topological polar surface area (TPSA) is 49.7 Å². The Kier molecular flexibility index (Phi) is 2.26. The Balaban J connectivity index is 2.45. The predicted molar refractivity (Wildman–Crippen MR) is 53.9 cm³/mol. The summed E-state index contributed by atoms with van der Waals surface area (Å²) in [6.45, 7) is 2.13. The maximum atomic E-state index is 13.2. The standard InChI is InChI=1S/C11H9F2NO2/c1-6-9-3-2-8(4-7(9)5-14-6)11(12,13)10(15)16/h2-4H,5H2,1H3,(H,15,16). The van der Waals surface area contributed by atoms with E-state index in [1.54, 1.807) is 6.92 Å². The van der Waals surface area contributed by atoms with Gasteiger partial charge in [0.1, 0.15) is 0 Å². The van der Waals surface area contributed by atoms with Crippen LogP contribution in [0.15, 0.2) is 23.2 Å². The third-order valence-electron chi connectivity index (χ3n) is 2.61. The highest BCUT2D eigenvalue weighted by atomic mass is 19.3. The first-order valence-electron chi connectivity index (χ1n) is 4.69. The van der Waals surface area contributed by atoms with E-state index in [1.165, 1.54) is 12.1 Å². The van der Waals surface area contributed by atoms with Gasteiger partial charge in [0, 0.05) is 16.8 Å². The first kappa shape index (κ1) is 10.7. The van der Waals surface area contributed by atoms with Crippen molar-refractivity contribution in [3.8, 4) is 0 Å². The summed E-state index contributed by atoms with van der Waals surface area (Å²) in [6.07, 6.45) is 0. The van der Waals surface area contributed by atoms with Crippen molar-refractivity contribution in [2.75, 3.05) is 0 Å². The van der Waals surface area contributed by atoms with Crippen molar-refractivity contribution in [3.63, 3.8) is 0 Å². The number of alkyl halides is 2. The maximum absolute atomic E-state index is 13.2. The molecule has 16 heavy (non-hydrogen) atoms. The lowest BCUT2D eigenvalue weighted by Crippen LogP contribution is -2.25. The summed E-state index contributed by atoms with van der Waals surface area (Å²) in [5.41, 5.74) is 1.75. The number of halogens is 2. The summed E-state index contributed by atoms with van der Waals surface area (Å²) in [4.78, 5) is 14.5. The molecule has 0 spiro atoms. The second-order valence-corrected chi connectivity index (χ2v) is 3.65. The van der Waals surface area contributed by atoms with Crippen LogP contribution in [0.3, 0.4) is 0 Å². The van der Waals surface area contributed by atoms with Crippen LogP contribution in [-0.4, -0.2) is 16.8 Å². The molecule has 1 heterocycles. The number of rotatable bonds is 2. The van der Waals surface area contributed by atoms with Gasteiger partial charge in [0.2, 0.25) is 0 Å². The average Bonchev–Trinajstić information content (AvgIpc) is 2.60. The van der Waals surface area contributed by atoms with Gasteiger partial charge in [-0.25, -0.2) is 4.79 Å². The zero-order valence-corrected chi connectivity index (χ0v) is 8.50. The maximum Gasteiger partial charge on any atom is 0.379 e. The van der Waals surface area contributed by atoms with Crippen LogP contribution in [0.2, 0.25) is 0 Å². The van der Waals surface area contributed by atoms with Gasteiger partial charge in [0.15, 0.2) is 0 Å². The van der Waals surface area contributed by atoms with Crippen LogP contribution in [-0.2, 0) is 17.3 Å². The molecule has 5 heteroatoms. The van der Waals surface area contributed by atoms with Gasteiger partial charge in [-0.2, -0.15) is 8.78 Å². The van der Waals surface area contributed by atoms with Gasteiger partial charge in [-0.3, -0.25) is 4.99 Å². The van der Waals surface area contributed by atoms with Crippen LogP contribution in [0.4, 0.5) is 8.78 Å². The van der Waals surface area contributed by atoms with E-state index < -0.39 is 17.5 Å². The zero-order chi connectivity index (χ0) is 11.9. The smallest absolute Gasteiger partial charge is 0.379 e. The first-order chi connectivity index (χ1) is 7.43. The highest BCUT2D eigenvalue weighted by Gasteiger charge is 2.41. The number of hydrogen-bond acceptors (Lipinski definition) is 2. The van der Waals surface area contributed by atoms with E-state index in [4.69, 9.17) is 5.11 Å². The molecule has 3 nitrogen and oxygen atoms in total. The number of fused-ring (bicyclic) bond motifs is 1. The number of nitrogens with zero attached hydrogens (tertiary/aromatic N) is 1. The lowest BCUT2D eigenvalue weighted by atomic mass is 10.00. The monoisotopic (exact) mass is 225 g/mol. The quantitative estimate of drug-likeness (QED) is 0.838. The minimum absolute atomic E-state index is 0.338. The summed E-state index contributed by atoms with van der Waals surface area (Å²) < 4.78 is 26.4. The van der Waals surface area contributed by atoms with Crippen LogP contribution in [0, 0.1) is 0 Å². The number of hydrogen-bond donors (Lipinski definition) is 1. The second-order valence-electron chi connectivity index (χ2n) is 3.65. The number of carbonyl (C=O) groups is 1. The molecule has 1 aromatic carbocycles. The van der Waals surface area contributed by atoms with E-state index in [0.29, 0.717) is 12.1 Å². The lowest BCUT2D eigenvalue weighted by molar-refractivity contribution is -0.166. The number of carboxylic acid groups (broad SMARTS) is 1. The van der Waals surface area contributed by atoms with Gasteiger partial charge in [-0.1, -0.05) is 12.1 Å². The summed E-state index contributed by atoms with van der Waals surface area (Å²) in [7, 11) is 0. The van der Waals surface area contributed by atoms with Crippen molar-refractivity contribution in [1.82, 2.24) is 0 Å². The summed E-state index contributed by atoms with van der Waals surface area (Å²) in [5, 5.41) is 8.42. The molecule has 0 atom stereocenters. The Hall–Kier alpha value is -1.78. The molecule has 0 radical (unpaired) electrons. The molecular weight excluding hydrogens is 216 g/mol.